The van der Waals surface area contributed by atoms with Crippen LogP contribution in [0.4, 0.5) is 0 Å². The number of hydrogen-bond donors (Lipinski definition) is 4. The normalized spacial score (nSPS) is 13.1. The van der Waals surface area contributed by atoms with E-state index < -0.39 is 11.9 Å². The molecule has 0 amide bonds. The van der Waals surface area contributed by atoms with Gasteiger partial charge in [-0.2, -0.15) is 0 Å². The fraction of sp³-hybridized carbons (Fsp3) is 0.500. The van der Waals surface area contributed by atoms with E-state index in [0.29, 0.717) is 23.0 Å². The van der Waals surface area contributed by atoms with E-state index >= 15 is 0 Å². The van der Waals surface area contributed by atoms with Crippen molar-refractivity contribution in [3.8, 4) is 0 Å². The summed E-state index contributed by atoms with van der Waals surface area (Å²) >= 11 is 0. The van der Waals surface area contributed by atoms with Crippen LogP contribution in [0.3, 0.4) is 0 Å². The van der Waals surface area contributed by atoms with Crippen molar-refractivity contribution in [2.75, 3.05) is 6.61 Å². The molecule has 190 valence electrons. The molecule has 34 heavy (non-hydrogen) atoms. The number of carboxylic acid groups (broad SMARTS) is 2. The molecule has 0 saturated carbocycles. The van der Waals surface area contributed by atoms with Gasteiger partial charge in [0.05, 0.1) is 17.2 Å². The molecular formula is C28H42O6. The van der Waals surface area contributed by atoms with E-state index in [0.717, 1.165) is 19.3 Å². The highest BCUT2D eigenvalue weighted by molar-refractivity contribution is 5.87. The highest BCUT2D eigenvalue weighted by Crippen LogP contribution is 2.30. The lowest BCUT2D eigenvalue weighted by molar-refractivity contribution is 0.0260. The standard InChI is InChI=1S/C14H30O2.2C7H6O2/c1-6-14(16)13(8-11(4)5)12(9-15)7-10(2)3;2*8-7(9)6-4-2-1-3-5-6/h10-16H,6-9H2,1-5H3;2*1-5H,(H,8,9). The Kier molecular flexibility index (Phi) is 16.3. The Hall–Kier alpha value is -2.70. The molecule has 0 bridgehead atoms. The maximum atomic E-state index is 10.2. The highest BCUT2D eigenvalue weighted by atomic mass is 16.4. The van der Waals surface area contributed by atoms with Crippen molar-refractivity contribution in [2.24, 2.45) is 23.7 Å². The second-order valence-electron chi connectivity index (χ2n) is 9.18. The molecule has 0 radical (unpaired) electrons. The van der Waals surface area contributed by atoms with Crippen LogP contribution in [-0.4, -0.2) is 45.1 Å². The largest absolute Gasteiger partial charge is 0.478 e. The van der Waals surface area contributed by atoms with Gasteiger partial charge >= 0.3 is 11.9 Å². The monoisotopic (exact) mass is 474 g/mol. The molecule has 0 fully saturated rings. The van der Waals surface area contributed by atoms with Crippen LogP contribution in [0.15, 0.2) is 60.7 Å². The molecule has 6 nitrogen and oxygen atoms in total. The first-order valence-electron chi connectivity index (χ1n) is 11.9. The molecule has 3 atom stereocenters. The Morgan fingerprint density at radius 3 is 1.35 bits per heavy atom. The number of rotatable bonds is 10. The van der Waals surface area contributed by atoms with E-state index in [1.165, 1.54) is 0 Å². The third-order valence-corrected chi connectivity index (χ3v) is 5.31. The van der Waals surface area contributed by atoms with Gasteiger partial charge in [-0.1, -0.05) is 71.0 Å². The van der Waals surface area contributed by atoms with Gasteiger partial charge in [0.1, 0.15) is 0 Å². The van der Waals surface area contributed by atoms with Crippen molar-refractivity contribution in [1.82, 2.24) is 0 Å². The van der Waals surface area contributed by atoms with E-state index in [1.807, 2.05) is 6.92 Å². The molecule has 2 rings (SSSR count). The summed E-state index contributed by atoms with van der Waals surface area (Å²) in [7, 11) is 0. The molecular weight excluding hydrogens is 432 g/mol. The average Bonchev–Trinajstić information content (AvgIpc) is 2.82. The van der Waals surface area contributed by atoms with Crippen LogP contribution in [0.5, 0.6) is 0 Å². The van der Waals surface area contributed by atoms with E-state index in [1.54, 1.807) is 60.7 Å². The summed E-state index contributed by atoms with van der Waals surface area (Å²) in [5, 5.41) is 36.3. The SMILES string of the molecule is CCC(O)C(CC(C)C)C(CO)CC(C)C.O=C(O)c1ccccc1.O=C(O)c1ccccc1. The Labute approximate surface area is 204 Å². The quantitative estimate of drug-likeness (QED) is 0.344. The number of hydrogen-bond acceptors (Lipinski definition) is 4. The molecule has 4 N–H and O–H groups in total. The van der Waals surface area contributed by atoms with Gasteiger partial charge in [-0.05, 0) is 67.2 Å². The molecule has 2 aromatic carbocycles. The molecule has 0 saturated heterocycles. The topological polar surface area (TPSA) is 115 Å². The van der Waals surface area contributed by atoms with Crippen molar-refractivity contribution < 1.29 is 30.0 Å². The first-order valence-corrected chi connectivity index (χ1v) is 11.9. The lowest BCUT2D eigenvalue weighted by Gasteiger charge is -2.32. The van der Waals surface area contributed by atoms with Crippen LogP contribution in [0.1, 0.15) is 74.6 Å². The van der Waals surface area contributed by atoms with Crippen LogP contribution < -0.4 is 0 Å². The van der Waals surface area contributed by atoms with Gasteiger partial charge in [0, 0.05) is 6.61 Å². The minimum Gasteiger partial charge on any atom is -0.478 e. The Morgan fingerprint density at radius 2 is 1.12 bits per heavy atom. The van der Waals surface area contributed by atoms with Crippen molar-refractivity contribution in [3.63, 3.8) is 0 Å². The number of aliphatic hydroxyl groups excluding tert-OH is 2. The predicted molar refractivity (Wildman–Crippen MR) is 136 cm³/mol. The molecule has 3 unspecified atom stereocenters. The first kappa shape index (κ1) is 31.3. The Morgan fingerprint density at radius 1 is 0.735 bits per heavy atom. The zero-order valence-corrected chi connectivity index (χ0v) is 21.1. The van der Waals surface area contributed by atoms with E-state index in [2.05, 4.69) is 27.7 Å². The van der Waals surface area contributed by atoms with Crippen LogP contribution in [-0.2, 0) is 0 Å². The van der Waals surface area contributed by atoms with Crippen molar-refractivity contribution in [1.29, 1.82) is 0 Å². The lowest BCUT2D eigenvalue weighted by Crippen LogP contribution is -2.32. The summed E-state index contributed by atoms with van der Waals surface area (Å²) < 4.78 is 0. The van der Waals surface area contributed by atoms with Crippen LogP contribution >= 0.6 is 0 Å². The van der Waals surface area contributed by atoms with Gasteiger partial charge in [-0.3, -0.25) is 0 Å². The number of carboxylic acids is 2. The van der Waals surface area contributed by atoms with Gasteiger partial charge in [0.25, 0.3) is 0 Å². The Bertz CT molecular complexity index is 740. The maximum Gasteiger partial charge on any atom is 0.335 e. The van der Waals surface area contributed by atoms with Crippen LogP contribution in [0, 0.1) is 23.7 Å². The second kappa shape index (κ2) is 17.7. The van der Waals surface area contributed by atoms with E-state index in [-0.39, 0.29) is 24.5 Å². The number of benzene rings is 2. The van der Waals surface area contributed by atoms with Crippen LogP contribution in [0.2, 0.25) is 0 Å². The number of aromatic carboxylic acids is 2. The van der Waals surface area contributed by atoms with Crippen molar-refractivity contribution in [2.45, 2.75) is 60.0 Å². The second-order valence-corrected chi connectivity index (χ2v) is 9.18. The third-order valence-electron chi connectivity index (χ3n) is 5.31. The minimum absolute atomic E-state index is 0.201. The molecule has 0 aromatic heterocycles. The minimum atomic E-state index is -0.879. The molecule has 0 aliphatic rings. The maximum absolute atomic E-state index is 10.2. The van der Waals surface area contributed by atoms with E-state index in [9.17, 15) is 19.8 Å². The predicted octanol–water partition coefficient (Wildman–Crippen LogP) is 5.84. The van der Waals surface area contributed by atoms with Crippen molar-refractivity contribution in [3.05, 3.63) is 71.8 Å². The summed E-state index contributed by atoms with van der Waals surface area (Å²) in [6.45, 7) is 10.9. The number of aliphatic hydroxyl groups is 2. The van der Waals surface area contributed by atoms with Crippen molar-refractivity contribution >= 4 is 11.9 Å². The average molecular weight is 475 g/mol. The van der Waals surface area contributed by atoms with Gasteiger partial charge < -0.3 is 20.4 Å². The summed E-state index contributed by atoms with van der Waals surface area (Å²) in [4.78, 5) is 20.4. The van der Waals surface area contributed by atoms with E-state index in [4.69, 9.17) is 10.2 Å². The molecule has 0 aliphatic heterocycles. The fourth-order valence-electron chi connectivity index (χ4n) is 3.66. The smallest absolute Gasteiger partial charge is 0.335 e. The van der Waals surface area contributed by atoms with Crippen LogP contribution in [0.25, 0.3) is 0 Å². The lowest BCUT2D eigenvalue weighted by atomic mass is 9.77. The molecule has 2 aromatic rings. The molecule has 0 aliphatic carbocycles. The summed E-state index contributed by atoms with van der Waals surface area (Å²) in [5.74, 6) is -0.107. The van der Waals surface area contributed by atoms with Gasteiger partial charge in [-0.25, -0.2) is 9.59 Å². The zero-order chi connectivity index (χ0) is 26.1. The summed E-state index contributed by atoms with van der Waals surface area (Å²) in [5.41, 5.74) is 0.662. The zero-order valence-electron chi connectivity index (χ0n) is 21.1. The van der Waals surface area contributed by atoms with Gasteiger partial charge in [0.2, 0.25) is 0 Å². The fourth-order valence-corrected chi connectivity index (χ4v) is 3.66. The molecule has 0 spiro atoms. The van der Waals surface area contributed by atoms with Gasteiger partial charge in [0.15, 0.2) is 0 Å². The number of carbonyl (C=O) groups is 2. The van der Waals surface area contributed by atoms with Gasteiger partial charge in [-0.15, -0.1) is 0 Å². The highest BCUT2D eigenvalue weighted by Gasteiger charge is 2.28. The summed E-state index contributed by atoms with van der Waals surface area (Å²) in [6.07, 6.45) is 2.53. The first-order chi connectivity index (χ1) is 16.0. The summed E-state index contributed by atoms with van der Waals surface area (Å²) in [6, 6.07) is 16.6. The molecule has 0 heterocycles. The third kappa shape index (κ3) is 13.8. The Balaban J connectivity index is 0.000000513. The molecule has 6 heteroatoms.